The van der Waals surface area contributed by atoms with E-state index in [1.807, 2.05) is 30.5 Å². The average Bonchev–Trinajstić information content (AvgIpc) is 3.48. The zero-order valence-electron chi connectivity index (χ0n) is 19.9. The van der Waals surface area contributed by atoms with Gasteiger partial charge < -0.3 is 20.5 Å². The van der Waals surface area contributed by atoms with E-state index in [1.165, 1.54) is 0 Å². The van der Waals surface area contributed by atoms with E-state index in [-0.39, 0.29) is 25.0 Å². The van der Waals surface area contributed by atoms with Crippen molar-refractivity contribution in [1.82, 2.24) is 10.6 Å². The number of hydrogen-bond donors (Lipinski definition) is 3. The number of alkyl carbamates (subject to hydrolysis) is 1. The molecule has 2 aliphatic carbocycles. The number of carboxylic acids is 1. The standard InChI is InChI=1S/C27H32N2O5S/c1-35-15-12-23(24(30)28-17-27(25(31)32)13-6-7-14-27)29-26(33)34-16-22-20-10-4-2-8-18(20)19-9-3-5-11-21(19)22/h2-5,8-11,22-23H,6-7,12-17H2,1H3,(H,28,30)(H,29,33)(H,31,32)/t23-/m1/s1. The van der Waals surface area contributed by atoms with Gasteiger partial charge in [0.1, 0.15) is 12.6 Å². The summed E-state index contributed by atoms with van der Waals surface area (Å²) in [5.74, 6) is -0.642. The minimum absolute atomic E-state index is 0.0654. The first kappa shape index (κ1) is 25.1. The Morgan fingerprint density at radius 1 is 1.06 bits per heavy atom. The highest BCUT2D eigenvalue weighted by atomic mass is 32.2. The number of fused-ring (bicyclic) bond motifs is 3. The van der Waals surface area contributed by atoms with Crippen LogP contribution in [-0.2, 0) is 14.3 Å². The summed E-state index contributed by atoms with van der Waals surface area (Å²) in [6.45, 7) is 0.238. The Morgan fingerprint density at radius 3 is 2.23 bits per heavy atom. The molecule has 0 bridgehead atoms. The monoisotopic (exact) mass is 496 g/mol. The van der Waals surface area contributed by atoms with Crippen LogP contribution >= 0.6 is 11.8 Å². The zero-order chi connectivity index (χ0) is 24.8. The van der Waals surface area contributed by atoms with Gasteiger partial charge in [-0.15, -0.1) is 0 Å². The maximum absolute atomic E-state index is 12.9. The number of carbonyl (C=O) groups excluding carboxylic acids is 2. The van der Waals surface area contributed by atoms with Crippen LogP contribution in [0.2, 0.25) is 0 Å². The maximum Gasteiger partial charge on any atom is 0.407 e. The van der Waals surface area contributed by atoms with Crippen LogP contribution in [0.1, 0.15) is 49.1 Å². The van der Waals surface area contributed by atoms with Crippen LogP contribution in [0.5, 0.6) is 0 Å². The van der Waals surface area contributed by atoms with Crippen molar-refractivity contribution in [2.24, 2.45) is 5.41 Å². The lowest BCUT2D eigenvalue weighted by Crippen LogP contribution is -2.50. The summed E-state index contributed by atoms with van der Waals surface area (Å²) >= 11 is 1.57. The van der Waals surface area contributed by atoms with Gasteiger partial charge in [0, 0.05) is 12.5 Å². The van der Waals surface area contributed by atoms with E-state index in [2.05, 4.69) is 34.9 Å². The van der Waals surface area contributed by atoms with Gasteiger partial charge in [-0.2, -0.15) is 11.8 Å². The van der Waals surface area contributed by atoms with Crippen molar-refractivity contribution < 1.29 is 24.2 Å². The molecule has 1 atom stereocenters. The van der Waals surface area contributed by atoms with Gasteiger partial charge in [0.05, 0.1) is 5.41 Å². The number of rotatable bonds is 10. The summed E-state index contributed by atoms with van der Waals surface area (Å²) in [6.07, 6.45) is 4.50. The number of amides is 2. The first-order valence-electron chi connectivity index (χ1n) is 12.1. The molecular weight excluding hydrogens is 464 g/mol. The molecule has 0 spiro atoms. The summed E-state index contributed by atoms with van der Waals surface area (Å²) in [5, 5.41) is 15.2. The molecule has 0 radical (unpaired) electrons. The summed E-state index contributed by atoms with van der Waals surface area (Å²) in [4.78, 5) is 37.4. The topological polar surface area (TPSA) is 105 Å². The highest BCUT2D eigenvalue weighted by molar-refractivity contribution is 7.98. The number of ether oxygens (including phenoxy) is 1. The van der Waals surface area contributed by atoms with Gasteiger partial charge in [-0.3, -0.25) is 9.59 Å². The predicted molar refractivity (Wildman–Crippen MR) is 137 cm³/mol. The number of carboxylic acid groups (broad SMARTS) is 1. The molecule has 2 aromatic carbocycles. The molecule has 1 fully saturated rings. The van der Waals surface area contributed by atoms with Crippen LogP contribution in [0.4, 0.5) is 4.79 Å². The number of nitrogens with one attached hydrogen (secondary N) is 2. The molecule has 7 nitrogen and oxygen atoms in total. The molecule has 2 aliphatic rings. The lowest BCUT2D eigenvalue weighted by atomic mass is 9.86. The molecule has 8 heteroatoms. The average molecular weight is 497 g/mol. The Bertz CT molecular complexity index is 1040. The molecule has 0 saturated heterocycles. The van der Waals surface area contributed by atoms with Gasteiger partial charge in [0.2, 0.25) is 5.91 Å². The van der Waals surface area contributed by atoms with Crippen LogP contribution in [0.25, 0.3) is 11.1 Å². The second-order valence-corrected chi connectivity index (χ2v) is 10.3. The van der Waals surface area contributed by atoms with Crippen molar-refractivity contribution in [3.8, 4) is 11.1 Å². The van der Waals surface area contributed by atoms with Crippen molar-refractivity contribution in [3.63, 3.8) is 0 Å². The third-order valence-electron chi connectivity index (χ3n) is 7.18. The summed E-state index contributed by atoms with van der Waals surface area (Å²) in [5.41, 5.74) is 3.62. The third-order valence-corrected chi connectivity index (χ3v) is 7.82. The number of thioether (sulfide) groups is 1. The van der Waals surface area contributed by atoms with Crippen LogP contribution < -0.4 is 10.6 Å². The van der Waals surface area contributed by atoms with Crippen molar-refractivity contribution >= 4 is 29.7 Å². The number of benzene rings is 2. The highest BCUT2D eigenvalue weighted by Gasteiger charge is 2.42. The van der Waals surface area contributed by atoms with E-state index >= 15 is 0 Å². The van der Waals surface area contributed by atoms with E-state index in [0.717, 1.165) is 35.1 Å². The summed E-state index contributed by atoms with van der Waals surface area (Å²) in [7, 11) is 0. The minimum atomic E-state index is -0.913. The smallest absolute Gasteiger partial charge is 0.407 e. The van der Waals surface area contributed by atoms with Gasteiger partial charge in [-0.05, 0) is 53.5 Å². The van der Waals surface area contributed by atoms with Gasteiger partial charge in [0.15, 0.2) is 0 Å². The molecule has 0 unspecified atom stereocenters. The normalized spacial score (nSPS) is 16.7. The van der Waals surface area contributed by atoms with E-state index in [1.54, 1.807) is 11.8 Å². The van der Waals surface area contributed by atoms with Crippen molar-refractivity contribution in [2.75, 3.05) is 25.2 Å². The van der Waals surface area contributed by atoms with Crippen LogP contribution in [0.3, 0.4) is 0 Å². The van der Waals surface area contributed by atoms with Crippen LogP contribution in [0, 0.1) is 5.41 Å². The molecule has 2 aromatic rings. The Kier molecular flexibility index (Phi) is 8.00. The SMILES string of the molecule is CSCC[C@@H](NC(=O)OCC1c2ccccc2-c2ccccc21)C(=O)NCC1(C(=O)O)CCCC1. The quantitative estimate of drug-likeness (QED) is 0.450. The number of carbonyl (C=O) groups is 3. The number of hydrogen-bond acceptors (Lipinski definition) is 5. The second-order valence-electron chi connectivity index (χ2n) is 9.31. The lowest BCUT2D eigenvalue weighted by Gasteiger charge is -2.26. The van der Waals surface area contributed by atoms with Gasteiger partial charge in [-0.25, -0.2) is 4.79 Å². The first-order valence-corrected chi connectivity index (χ1v) is 13.5. The molecule has 3 N–H and O–H groups in total. The van der Waals surface area contributed by atoms with E-state index < -0.39 is 23.5 Å². The maximum atomic E-state index is 12.9. The Hall–Kier alpha value is -3.00. The highest BCUT2D eigenvalue weighted by Crippen LogP contribution is 2.44. The number of aliphatic carboxylic acids is 1. The Balaban J connectivity index is 1.37. The molecule has 0 aromatic heterocycles. The summed E-state index contributed by atoms with van der Waals surface area (Å²) in [6, 6.07) is 15.4. The van der Waals surface area contributed by atoms with E-state index in [9.17, 15) is 19.5 Å². The van der Waals surface area contributed by atoms with Gasteiger partial charge in [-0.1, -0.05) is 61.4 Å². The molecule has 0 heterocycles. The van der Waals surface area contributed by atoms with Crippen molar-refractivity contribution in [2.45, 2.75) is 44.1 Å². The minimum Gasteiger partial charge on any atom is -0.481 e. The Morgan fingerprint density at radius 2 is 1.66 bits per heavy atom. The molecule has 35 heavy (non-hydrogen) atoms. The predicted octanol–water partition coefficient (Wildman–Crippen LogP) is 4.41. The molecule has 186 valence electrons. The van der Waals surface area contributed by atoms with Crippen molar-refractivity contribution in [3.05, 3.63) is 59.7 Å². The van der Waals surface area contributed by atoms with Crippen LogP contribution in [-0.4, -0.2) is 54.3 Å². The van der Waals surface area contributed by atoms with Gasteiger partial charge in [0.25, 0.3) is 0 Å². The van der Waals surface area contributed by atoms with E-state index in [4.69, 9.17) is 4.74 Å². The fourth-order valence-electron chi connectivity index (χ4n) is 5.18. The van der Waals surface area contributed by atoms with E-state index in [0.29, 0.717) is 25.0 Å². The fraction of sp³-hybridized carbons (Fsp3) is 0.444. The van der Waals surface area contributed by atoms with Crippen LogP contribution in [0.15, 0.2) is 48.5 Å². The fourth-order valence-corrected chi connectivity index (χ4v) is 5.66. The van der Waals surface area contributed by atoms with Gasteiger partial charge >= 0.3 is 12.1 Å². The zero-order valence-corrected chi connectivity index (χ0v) is 20.7. The largest absolute Gasteiger partial charge is 0.481 e. The molecular formula is C27H32N2O5S. The first-order chi connectivity index (χ1) is 16.9. The second kappa shape index (κ2) is 11.2. The molecule has 0 aliphatic heterocycles. The van der Waals surface area contributed by atoms with Crippen molar-refractivity contribution in [1.29, 1.82) is 0 Å². The lowest BCUT2D eigenvalue weighted by molar-refractivity contribution is -0.148. The molecule has 4 rings (SSSR count). The Labute approximate surface area is 210 Å². The summed E-state index contributed by atoms with van der Waals surface area (Å²) < 4.78 is 5.61. The molecule has 1 saturated carbocycles. The molecule has 2 amide bonds. The third kappa shape index (κ3) is 5.48.